The summed E-state index contributed by atoms with van der Waals surface area (Å²) in [6.07, 6.45) is 2.73. The van der Waals surface area contributed by atoms with Crippen molar-refractivity contribution in [2.45, 2.75) is 6.54 Å². The predicted molar refractivity (Wildman–Crippen MR) is 78.9 cm³/mol. The number of methoxy groups -OCH3 is 1. The van der Waals surface area contributed by atoms with Crippen LogP contribution in [0.3, 0.4) is 0 Å². The molecule has 1 aromatic carbocycles. The highest BCUT2D eigenvalue weighted by atomic mass is 79.9. The Kier molecular flexibility index (Phi) is 4.52. The summed E-state index contributed by atoms with van der Waals surface area (Å²) in [6, 6.07) is 7.49. The molecule has 7 heteroatoms. The van der Waals surface area contributed by atoms with Gasteiger partial charge in [0.1, 0.15) is 17.6 Å². The van der Waals surface area contributed by atoms with Crippen LogP contribution in [0.1, 0.15) is 5.56 Å². The van der Waals surface area contributed by atoms with E-state index in [0.29, 0.717) is 16.7 Å². The molecule has 0 bridgehead atoms. The summed E-state index contributed by atoms with van der Waals surface area (Å²) in [7, 11) is 1.59. The van der Waals surface area contributed by atoms with Gasteiger partial charge in [-0.05, 0) is 22.0 Å². The summed E-state index contributed by atoms with van der Waals surface area (Å²) in [6.45, 7) is 0.410. The molecule has 0 aliphatic carbocycles. The maximum atomic E-state index is 11.0. The van der Waals surface area contributed by atoms with Gasteiger partial charge in [-0.3, -0.25) is 15.1 Å². The minimum absolute atomic E-state index is 0.0747. The van der Waals surface area contributed by atoms with E-state index in [0.717, 1.165) is 11.3 Å². The minimum atomic E-state index is -0.470. The van der Waals surface area contributed by atoms with E-state index < -0.39 is 4.92 Å². The molecule has 0 radical (unpaired) electrons. The molecule has 2 aromatic rings. The predicted octanol–water partition coefficient (Wildman–Crippen LogP) is 3.37. The third-order valence-corrected chi connectivity index (χ3v) is 3.33. The Bertz CT molecular complexity index is 634. The second-order valence-corrected chi connectivity index (χ2v) is 4.79. The fraction of sp³-hybridized carbons (Fsp3) is 0.154. The number of hydrogen-bond acceptors (Lipinski definition) is 5. The average Bonchev–Trinajstić information content (AvgIpc) is 2.46. The van der Waals surface area contributed by atoms with Gasteiger partial charge in [0.2, 0.25) is 0 Å². The summed E-state index contributed by atoms with van der Waals surface area (Å²) in [5, 5.41) is 14.0. The summed E-state index contributed by atoms with van der Waals surface area (Å²) in [5.41, 5.74) is 1.23. The van der Waals surface area contributed by atoms with Gasteiger partial charge in [0.05, 0.1) is 16.5 Å². The first kappa shape index (κ1) is 14.3. The molecule has 0 unspecified atom stereocenters. The average molecular weight is 338 g/mol. The Labute approximate surface area is 124 Å². The fourth-order valence-corrected chi connectivity index (χ4v) is 2.23. The van der Waals surface area contributed by atoms with Gasteiger partial charge < -0.3 is 10.1 Å². The normalized spacial score (nSPS) is 10.1. The Hall–Kier alpha value is -2.15. The number of hydrogen-bond donors (Lipinski definition) is 1. The molecule has 0 fully saturated rings. The summed E-state index contributed by atoms with van der Waals surface area (Å²) < 4.78 is 5.79. The van der Waals surface area contributed by atoms with Crippen molar-refractivity contribution >= 4 is 27.3 Å². The van der Waals surface area contributed by atoms with Crippen LogP contribution in [0.4, 0.5) is 11.4 Å². The van der Waals surface area contributed by atoms with Crippen molar-refractivity contribution in [1.29, 1.82) is 0 Å². The molecular formula is C13H12BrN3O3. The van der Waals surface area contributed by atoms with Crippen LogP contribution < -0.4 is 10.1 Å². The summed E-state index contributed by atoms with van der Waals surface area (Å²) in [4.78, 5) is 14.3. The SMILES string of the molecule is COc1ccccc1CNc1c(Br)cncc1[N+](=O)[O-]. The van der Waals surface area contributed by atoms with Crippen molar-refractivity contribution < 1.29 is 9.66 Å². The van der Waals surface area contributed by atoms with Crippen molar-refractivity contribution in [3.63, 3.8) is 0 Å². The maximum Gasteiger partial charge on any atom is 0.311 e. The number of para-hydroxylation sites is 1. The smallest absolute Gasteiger partial charge is 0.311 e. The number of halogens is 1. The molecular weight excluding hydrogens is 326 g/mol. The third kappa shape index (κ3) is 3.05. The first-order valence-corrected chi connectivity index (χ1v) is 6.56. The Morgan fingerprint density at radius 3 is 2.85 bits per heavy atom. The Morgan fingerprint density at radius 2 is 2.15 bits per heavy atom. The van der Waals surface area contributed by atoms with Gasteiger partial charge >= 0.3 is 5.69 Å². The van der Waals surface area contributed by atoms with Crippen molar-refractivity contribution in [2.75, 3.05) is 12.4 Å². The van der Waals surface area contributed by atoms with Gasteiger partial charge in [0, 0.05) is 18.3 Å². The number of aromatic nitrogens is 1. The van der Waals surface area contributed by atoms with Crippen LogP contribution in [0.2, 0.25) is 0 Å². The molecule has 20 heavy (non-hydrogen) atoms. The standard InChI is InChI=1S/C13H12BrN3O3/c1-20-12-5-3-2-4-9(12)6-16-13-10(14)7-15-8-11(13)17(18)19/h2-5,7-8H,6H2,1H3,(H,15,16). The summed E-state index contributed by atoms with van der Waals surface area (Å²) in [5.74, 6) is 0.729. The Morgan fingerprint density at radius 1 is 1.40 bits per heavy atom. The number of rotatable bonds is 5. The number of nitrogens with zero attached hydrogens (tertiary/aromatic N) is 2. The van der Waals surface area contributed by atoms with E-state index >= 15 is 0 Å². The van der Waals surface area contributed by atoms with Gasteiger partial charge in [0.15, 0.2) is 0 Å². The van der Waals surface area contributed by atoms with Crippen molar-refractivity contribution in [3.05, 3.63) is 56.8 Å². The molecule has 2 rings (SSSR count). The van der Waals surface area contributed by atoms with Crippen molar-refractivity contribution in [3.8, 4) is 5.75 Å². The van der Waals surface area contributed by atoms with Crippen LogP contribution in [0.25, 0.3) is 0 Å². The van der Waals surface area contributed by atoms with Crippen molar-refractivity contribution in [1.82, 2.24) is 4.98 Å². The topological polar surface area (TPSA) is 77.3 Å². The van der Waals surface area contributed by atoms with E-state index in [-0.39, 0.29) is 5.69 Å². The zero-order valence-electron chi connectivity index (χ0n) is 10.7. The molecule has 0 aliphatic heterocycles. The highest BCUT2D eigenvalue weighted by Crippen LogP contribution is 2.32. The molecule has 1 aromatic heterocycles. The van der Waals surface area contributed by atoms with Crippen LogP contribution in [0.15, 0.2) is 41.1 Å². The zero-order chi connectivity index (χ0) is 14.5. The van der Waals surface area contributed by atoms with E-state index in [4.69, 9.17) is 4.74 Å². The molecule has 0 amide bonds. The lowest BCUT2D eigenvalue weighted by Crippen LogP contribution is -2.05. The van der Waals surface area contributed by atoms with Crippen LogP contribution in [-0.2, 0) is 6.54 Å². The molecule has 1 heterocycles. The van der Waals surface area contributed by atoms with E-state index in [9.17, 15) is 10.1 Å². The van der Waals surface area contributed by atoms with Gasteiger partial charge in [-0.25, -0.2) is 0 Å². The Balaban J connectivity index is 2.25. The maximum absolute atomic E-state index is 11.0. The lowest BCUT2D eigenvalue weighted by Gasteiger charge is -2.11. The molecule has 1 N–H and O–H groups in total. The molecule has 0 atom stereocenters. The fourth-order valence-electron chi connectivity index (χ4n) is 1.77. The first-order valence-electron chi connectivity index (χ1n) is 5.77. The number of anilines is 1. The first-order chi connectivity index (χ1) is 9.63. The minimum Gasteiger partial charge on any atom is -0.496 e. The van der Waals surface area contributed by atoms with Gasteiger partial charge in [-0.15, -0.1) is 0 Å². The molecule has 0 spiro atoms. The number of nitrogens with one attached hydrogen (secondary N) is 1. The van der Waals surface area contributed by atoms with Gasteiger partial charge in [-0.2, -0.15) is 0 Å². The second kappa shape index (κ2) is 6.33. The zero-order valence-corrected chi connectivity index (χ0v) is 12.3. The highest BCUT2D eigenvalue weighted by Gasteiger charge is 2.17. The quantitative estimate of drug-likeness (QED) is 0.668. The van der Waals surface area contributed by atoms with Crippen LogP contribution in [-0.4, -0.2) is 17.0 Å². The van der Waals surface area contributed by atoms with E-state index in [2.05, 4.69) is 26.2 Å². The second-order valence-electron chi connectivity index (χ2n) is 3.94. The highest BCUT2D eigenvalue weighted by molar-refractivity contribution is 9.10. The number of ether oxygens (including phenoxy) is 1. The van der Waals surface area contributed by atoms with E-state index in [1.807, 2.05) is 24.3 Å². The van der Waals surface area contributed by atoms with Crippen LogP contribution in [0, 0.1) is 10.1 Å². The molecule has 0 saturated heterocycles. The van der Waals surface area contributed by atoms with Gasteiger partial charge in [-0.1, -0.05) is 18.2 Å². The number of pyridine rings is 1. The lowest BCUT2D eigenvalue weighted by atomic mass is 10.2. The van der Waals surface area contributed by atoms with Crippen LogP contribution >= 0.6 is 15.9 Å². The molecule has 0 aliphatic rings. The molecule has 104 valence electrons. The number of nitro groups is 1. The summed E-state index contributed by atoms with van der Waals surface area (Å²) >= 11 is 3.26. The lowest BCUT2D eigenvalue weighted by molar-refractivity contribution is -0.384. The molecule has 0 saturated carbocycles. The number of benzene rings is 1. The largest absolute Gasteiger partial charge is 0.496 e. The van der Waals surface area contributed by atoms with Crippen LogP contribution in [0.5, 0.6) is 5.75 Å². The van der Waals surface area contributed by atoms with Gasteiger partial charge in [0.25, 0.3) is 0 Å². The van der Waals surface area contributed by atoms with Crippen molar-refractivity contribution in [2.24, 2.45) is 0 Å². The van der Waals surface area contributed by atoms with E-state index in [1.54, 1.807) is 7.11 Å². The third-order valence-electron chi connectivity index (χ3n) is 2.72. The van der Waals surface area contributed by atoms with E-state index in [1.165, 1.54) is 12.4 Å². The molecule has 6 nitrogen and oxygen atoms in total. The monoisotopic (exact) mass is 337 g/mol.